The van der Waals surface area contributed by atoms with Gasteiger partial charge in [0.1, 0.15) is 11.3 Å². The predicted molar refractivity (Wildman–Crippen MR) is 113 cm³/mol. The van der Waals surface area contributed by atoms with Crippen LogP contribution in [-0.4, -0.2) is 39.3 Å². The Morgan fingerprint density at radius 1 is 1.18 bits per heavy atom. The van der Waals surface area contributed by atoms with Crippen LogP contribution in [0.5, 0.6) is 5.75 Å². The summed E-state index contributed by atoms with van der Waals surface area (Å²) in [6, 6.07) is 11.4. The van der Waals surface area contributed by atoms with Crippen molar-refractivity contribution in [1.82, 2.24) is 0 Å². The molecule has 0 bridgehead atoms. The number of carbonyl (C=O) groups is 1. The van der Waals surface area contributed by atoms with Crippen LogP contribution in [0.2, 0.25) is 0 Å². The standard InChI is InChI=1S/C21H21BrN2O4/c1-13-16-12-15(26-2)4-6-19(16)28-20(13)21(25)23-17-11-14(22)3-5-18(17)24-7-9-27-10-8-24/h3-6,11-12H,7-10H2,1-2H3,(H,23,25). The van der Waals surface area contributed by atoms with Crippen molar-refractivity contribution in [3.8, 4) is 5.75 Å². The van der Waals surface area contributed by atoms with E-state index in [2.05, 4.69) is 26.1 Å². The van der Waals surface area contributed by atoms with Crippen LogP contribution in [0.25, 0.3) is 11.0 Å². The minimum Gasteiger partial charge on any atom is -0.497 e. The van der Waals surface area contributed by atoms with Crippen LogP contribution in [0.4, 0.5) is 11.4 Å². The summed E-state index contributed by atoms with van der Waals surface area (Å²) < 4.78 is 17.4. The van der Waals surface area contributed by atoms with Crippen molar-refractivity contribution >= 4 is 44.2 Å². The van der Waals surface area contributed by atoms with Gasteiger partial charge in [-0.05, 0) is 43.3 Å². The monoisotopic (exact) mass is 444 g/mol. The number of anilines is 2. The van der Waals surface area contributed by atoms with Crippen molar-refractivity contribution < 1.29 is 18.7 Å². The van der Waals surface area contributed by atoms with Gasteiger partial charge in [0.25, 0.3) is 5.91 Å². The summed E-state index contributed by atoms with van der Waals surface area (Å²) in [6.07, 6.45) is 0. The molecule has 1 aliphatic rings. The van der Waals surface area contributed by atoms with Gasteiger partial charge < -0.3 is 24.1 Å². The van der Waals surface area contributed by atoms with Gasteiger partial charge in [-0.3, -0.25) is 4.79 Å². The van der Waals surface area contributed by atoms with E-state index in [1.54, 1.807) is 7.11 Å². The number of furan rings is 1. The Morgan fingerprint density at radius 3 is 2.71 bits per heavy atom. The predicted octanol–water partition coefficient (Wildman–Crippen LogP) is 4.60. The fourth-order valence-electron chi connectivity index (χ4n) is 3.41. The van der Waals surface area contributed by atoms with Crippen LogP contribution >= 0.6 is 15.9 Å². The van der Waals surface area contributed by atoms with Crippen LogP contribution in [0, 0.1) is 6.92 Å². The molecule has 1 aromatic heterocycles. The first-order valence-corrected chi connectivity index (χ1v) is 9.87. The molecule has 3 aromatic rings. The average Bonchev–Trinajstić information content (AvgIpc) is 3.05. The zero-order chi connectivity index (χ0) is 19.7. The first-order chi connectivity index (χ1) is 13.6. The Kier molecular flexibility index (Phi) is 5.28. The van der Waals surface area contributed by atoms with Crippen LogP contribution in [0.3, 0.4) is 0 Å². The topological polar surface area (TPSA) is 63.9 Å². The second-order valence-corrected chi connectivity index (χ2v) is 7.55. The maximum absolute atomic E-state index is 13.0. The lowest BCUT2D eigenvalue weighted by Gasteiger charge is -2.30. The number of fused-ring (bicyclic) bond motifs is 1. The molecule has 0 atom stereocenters. The third kappa shape index (κ3) is 3.59. The molecule has 28 heavy (non-hydrogen) atoms. The molecule has 1 aliphatic heterocycles. The highest BCUT2D eigenvalue weighted by Gasteiger charge is 2.21. The Hall–Kier alpha value is -2.51. The van der Waals surface area contributed by atoms with Crippen LogP contribution in [0.15, 0.2) is 45.3 Å². The van der Waals surface area contributed by atoms with E-state index < -0.39 is 0 Å². The number of ether oxygens (including phenoxy) is 2. The van der Waals surface area contributed by atoms with E-state index in [1.807, 2.05) is 43.3 Å². The van der Waals surface area contributed by atoms with Gasteiger partial charge in [0.15, 0.2) is 5.76 Å². The van der Waals surface area contributed by atoms with E-state index in [4.69, 9.17) is 13.9 Å². The lowest BCUT2D eigenvalue weighted by atomic mass is 10.1. The molecule has 2 heterocycles. The number of benzene rings is 2. The van der Waals surface area contributed by atoms with E-state index in [0.29, 0.717) is 24.6 Å². The maximum atomic E-state index is 13.0. The number of amides is 1. The van der Waals surface area contributed by atoms with Crippen LogP contribution in [-0.2, 0) is 4.74 Å². The molecule has 0 spiro atoms. The number of aryl methyl sites for hydroxylation is 1. The van der Waals surface area contributed by atoms with Gasteiger partial charge in [0, 0.05) is 28.5 Å². The van der Waals surface area contributed by atoms with Crippen molar-refractivity contribution in [2.45, 2.75) is 6.92 Å². The van der Waals surface area contributed by atoms with Gasteiger partial charge >= 0.3 is 0 Å². The highest BCUT2D eigenvalue weighted by atomic mass is 79.9. The number of methoxy groups -OCH3 is 1. The molecular weight excluding hydrogens is 424 g/mol. The molecule has 6 nitrogen and oxygen atoms in total. The fraction of sp³-hybridized carbons (Fsp3) is 0.286. The molecule has 7 heteroatoms. The van der Waals surface area contributed by atoms with Gasteiger partial charge in [-0.15, -0.1) is 0 Å². The molecule has 0 unspecified atom stereocenters. The van der Waals surface area contributed by atoms with Crippen molar-refractivity contribution in [3.63, 3.8) is 0 Å². The molecule has 146 valence electrons. The summed E-state index contributed by atoms with van der Waals surface area (Å²) in [4.78, 5) is 15.2. The second kappa shape index (κ2) is 7.85. The molecule has 1 fully saturated rings. The molecule has 1 amide bonds. The summed E-state index contributed by atoms with van der Waals surface area (Å²) in [5.41, 5.74) is 3.15. The molecule has 4 rings (SSSR count). The SMILES string of the molecule is COc1ccc2oc(C(=O)Nc3cc(Br)ccc3N3CCOCC3)c(C)c2c1. The molecule has 1 saturated heterocycles. The number of hydrogen-bond acceptors (Lipinski definition) is 5. The summed E-state index contributed by atoms with van der Waals surface area (Å²) in [6.45, 7) is 4.80. The maximum Gasteiger partial charge on any atom is 0.291 e. The number of rotatable bonds is 4. The number of halogens is 1. The van der Waals surface area contributed by atoms with E-state index in [-0.39, 0.29) is 5.91 Å². The summed E-state index contributed by atoms with van der Waals surface area (Å²) in [5, 5.41) is 3.89. The minimum absolute atomic E-state index is 0.278. The number of hydrogen-bond donors (Lipinski definition) is 1. The van der Waals surface area contributed by atoms with Gasteiger partial charge in [-0.1, -0.05) is 15.9 Å². The Morgan fingerprint density at radius 2 is 1.96 bits per heavy atom. The van der Waals surface area contributed by atoms with Crippen LogP contribution < -0.4 is 15.0 Å². The van der Waals surface area contributed by atoms with Crippen molar-refractivity contribution in [3.05, 3.63) is 52.2 Å². The molecule has 0 radical (unpaired) electrons. The van der Waals surface area contributed by atoms with E-state index in [1.165, 1.54) is 0 Å². The zero-order valence-corrected chi connectivity index (χ0v) is 17.3. The minimum atomic E-state index is -0.278. The van der Waals surface area contributed by atoms with Gasteiger partial charge in [-0.2, -0.15) is 0 Å². The highest BCUT2D eigenvalue weighted by molar-refractivity contribution is 9.10. The molecular formula is C21H21BrN2O4. The van der Waals surface area contributed by atoms with E-state index in [9.17, 15) is 4.79 Å². The average molecular weight is 445 g/mol. The Labute approximate surface area is 171 Å². The molecule has 2 aromatic carbocycles. The molecule has 1 N–H and O–H groups in total. The second-order valence-electron chi connectivity index (χ2n) is 6.63. The van der Waals surface area contributed by atoms with E-state index in [0.717, 1.165) is 45.6 Å². The third-order valence-electron chi connectivity index (χ3n) is 4.91. The smallest absolute Gasteiger partial charge is 0.291 e. The fourth-order valence-corrected chi connectivity index (χ4v) is 3.77. The molecule has 0 saturated carbocycles. The lowest BCUT2D eigenvalue weighted by Crippen LogP contribution is -2.36. The third-order valence-corrected chi connectivity index (χ3v) is 5.40. The Bertz CT molecular complexity index is 1020. The largest absolute Gasteiger partial charge is 0.497 e. The quantitative estimate of drug-likeness (QED) is 0.636. The summed E-state index contributed by atoms with van der Waals surface area (Å²) in [7, 11) is 1.62. The number of nitrogens with one attached hydrogen (secondary N) is 1. The van der Waals surface area contributed by atoms with Crippen molar-refractivity contribution in [1.29, 1.82) is 0 Å². The van der Waals surface area contributed by atoms with Gasteiger partial charge in [-0.25, -0.2) is 0 Å². The lowest BCUT2D eigenvalue weighted by molar-refractivity contribution is 0.0998. The van der Waals surface area contributed by atoms with Gasteiger partial charge in [0.05, 0.1) is 31.7 Å². The summed E-state index contributed by atoms with van der Waals surface area (Å²) >= 11 is 3.49. The van der Waals surface area contributed by atoms with Crippen LogP contribution in [0.1, 0.15) is 16.1 Å². The van der Waals surface area contributed by atoms with E-state index >= 15 is 0 Å². The Balaban J connectivity index is 1.66. The number of morpholine rings is 1. The summed E-state index contributed by atoms with van der Waals surface area (Å²) in [5.74, 6) is 0.751. The van der Waals surface area contributed by atoms with Crippen molar-refractivity contribution in [2.24, 2.45) is 0 Å². The highest BCUT2D eigenvalue weighted by Crippen LogP contribution is 2.33. The molecule has 0 aliphatic carbocycles. The van der Waals surface area contributed by atoms with Gasteiger partial charge in [0.2, 0.25) is 0 Å². The number of carbonyl (C=O) groups excluding carboxylic acids is 1. The normalized spacial score (nSPS) is 14.3. The first kappa shape index (κ1) is 18.8. The first-order valence-electron chi connectivity index (χ1n) is 9.07. The number of nitrogens with zero attached hydrogens (tertiary/aromatic N) is 1. The van der Waals surface area contributed by atoms with Crippen molar-refractivity contribution in [2.75, 3.05) is 43.6 Å². The zero-order valence-electron chi connectivity index (χ0n) is 15.8.